The number of dihydropyridines is 1. The number of nitrogens with two attached hydrogens (primary N) is 2. The van der Waals surface area contributed by atoms with Crippen LogP contribution >= 0.6 is 0 Å². The summed E-state index contributed by atoms with van der Waals surface area (Å²) in [5, 5.41) is 3.23. The molecular formula is C10H18N4O. The third kappa shape index (κ3) is 2.08. The molecule has 0 amide bonds. The van der Waals surface area contributed by atoms with Crippen molar-refractivity contribution < 1.29 is 4.74 Å². The van der Waals surface area contributed by atoms with Gasteiger partial charge in [0.25, 0.3) is 0 Å². The first-order valence-electron chi connectivity index (χ1n) is 5.17. The number of hydrogen-bond donors (Lipinski definition) is 3. The van der Waals surface area contributed by atoms with Crippen molar-refractivity contribution in [1.82, 2.24) is 10.2 Å². The van der Waals surface area contributed by atoms with Gasteiger partial charge in [-0.05, 0) is 19.1 Å². The second-order valence-corrected chi connectivity index (χ2v) is 4.10. The average molecular weight is 210 g/mol. The molecule has 1 atom stereocenters. The predicted octanol–water partition coefficient (Wildman–Crippen LogP) is -0.719. The minimum absolute atomic E-state index is 0.650. The van der Waals surface area contributed by atoms with E-state index < -0.39 is 5.66 Å². The Hall–Kier alpha value is -1.20. The quantitative estimate of drug-likeness (QED) is 0.532. The van der Waals surface area contributed by atoms with E-state index in [2.05, 4.69) is 10.2 Å². The molecule has 0 radical (unpaired) electrons. The molecule has 1 fully saturated rings. The maximum atomic E-state index is 6.02. The van der Waals surface area contributed by atoms with Crippen LogP contribution in [0.1, 0.15) is 6.92 Å². The van der Waals surface area contributed by atoms with Gasteiger partial charge in [-0.3, -0.25) is 0 Å². The van der Waals surface area contributed by atoms with Crippen molar-refractivity contribution in [1.29, 1.82) is 0 Å². The Morgan fingerprint density at radius 2 is 2.07 bits per heavy atom. The second kappa shape index (κ2) is 3.75. The monoisotopic (exact) mass is 210 g/mol. The molecule has 84 valence electrons. The Morgan fingerprint density at radius 3 is 2.67 bits per heavy atom. The first-order valence-corrected chi connectivity index (χ1v) is 5.17. The van der Waals surface area contributed by atoms with Crippen molar-refractivity contribution in [2.24, 2.45) is 11.5 Å². The molecule has 2 aliphatic heterocycles. The highest BCUT2D eigenvalue weighted by atomic mass is 16.5. The Morgan fingerprint density at radius 1 is 1.40 bits per heavy atom. The fraction of sp³-hybridized carbons (Fsp3) is 0.600. The van der Waals surface area contributed by atoms with E-state index in [0.717, 1.165) is 32.1 Å². The molecule has 0 saturated carbocycles. The van der Waals surface area contributed by atoms with E-state index in [1.807, 2.05) is 19.1 Å². The number of nitrogens with one attached hydrogen (secondary N) is 1. The minimum Gasteiger partial charge on any atom is -0.399 e. The highest BCUT2D eigenvalue weighted by molar-refractivity contribution is 5.28. The molecule has 2 heterocycles. The van der Waals surface area contributed by atoms with E-state index in [4.69, 9.17) is 16.2 Å². The second-order valence-electron chi connectivity index (χ2n) is 4.10. The van der Waals surface area contributed by atoms with Crippen LogP contribution in [0.4, 0.5) is 0 Å². The van der Waals surface area contributed by atoms with Gasteiger partial charge in [-0.1, -0.05) is 0 Å². The number of ether oxygens (including phenoxy) is 1. The topological polar surface area (TPSA) is 76.5 Å². The van der Waals surface area contributed by atoms with E-state index in [1.165, 1.54) is 0 Å². The lowest BCUT2D eigenvalue weighted by Crippen LogP contribution is -2.58. The highest BCUT2D eigenvalue weighted by Gasteiger charge is 2.27. The standard InChI is InChI=1S/C10H18N4O/c1-10(12)8(11)2-3-9(13-10)14-4-6-15-7-5-14/h2-3,13H,4-7,11-12H2,1H3. The predicted molar refractivity (Wildman–Crippen MR) is 58.5 cm³/mol. The molecule has 5 N–H and O–H groups in total. The highest BCUT2D eigenvalue weighted by Crippen LogP contribution is 2.16. The van der Waals surface area contributed by atoms with Gasteiger partial charge in [0.15, 0.2) is 0 Å². The summed E-state index contributed by atoms with van der Waals surface area (Å²) in [6.07, 6.45) is 3.83. The van der Waals surface area contributed by atoms with Crippen LogP contribution in [0.25, 0.3) is 0 Å². The summed E-state index contributed by atoms with van der Waals surface area (Å²) in [4.78, 5) is 2.22. The zero-order valence-electron chi connectivity index (χ0n) is 8.99. The Balaban J connectivity index is 2.10. The summed E-state index contributed by atoms with van der Waals surface area (Å²) in [7, 11) is 0. The summed E-state index contributed by atoms with van der Waals surface area (Å²) in [6.45, 7) is 5.18. The first kappa shape index (κ1) is 10.3. The van der Waals surface area contributed by atoms with Crippen LogP contribution in [0.15, 0.2) is 23.7 Å². The van der Waals surface area contributed by atoms with Crippen molar-refractivity contribution in [3.63, 3.8) is 0 Å². The molecule has 1 saturated heterocycles. The number of allylic oxidation sites excluding steroid dienone is 2. The number of nitrogens with zero attached hydrogens (tertiary/aromatic N) is 1. The molecule has 0 spiro atoms. The van der Waals surface area contributed by atoms with Gasteiger partial charge < -0.3 is 26.4 Å². The van der Waals surface area contributed by atoms with Crippen molar-refractivity contribution in [3.8, 4) is 0 Å². The molecular weight excluding hydrogens is 192 g/mol. The van der Waals surface area contributed by atoms with Gasteiger partial charge in [-0.15, -0.1) is 0 Å². The first-order chi connectivity index (χ1) is 7.09. The van der Waals surface area contributed by atoms with E-state index in [9.17, 15) is 0 Å². The Kier molecular flexibility index (Phi) is 2.58. The molecule has 1 unspecified atom stereocenters. The molecule has 0 aromatic carbocycles. The zero-order chi connectivity index (χ0) is 10.9. The summed E-state index contributed by atoms with van der Waals surface area (Å²) in [5.74, 6) is 1.03. The number of rotatable bonds is 1. The molecule has 5 heteroatoms. The molecule has 0 bridgehead atoms. The van der Waals surface area contributed by atoms with E-state index in [-0.39, 0.29) is 0 Å². The summed E-state index contributed by atoms with van der Waals surface area (Å²) < 4.78 is 5.30. The summed E-state index contributed by atoms with van der Waals surface area (Å²) in [6, 6.07) is 0. The van der Waals surface area contributed by atoms with Crippen molar-refractivity contribution in [2.75, 3.05) is 26.3 Å². The minimum atomic E-state index is -0.650. The zero-order valence-corrected chi connectivity index (χ0v) is 8.99. The van der Waals surface area contributed by atoms with Crippen LogP contribution in [0.3, 0.4) is 0 Å². The molecule has 5 nitrogen and oxygen atoms in total. The number of hydrogen-bond acceptors (Lipinski definition) is 5. The van der Waals surface area contributed by atoms with Gasteiger partial charge in [0, 0.05) is 18.8 Å². The van der Waals surface area contributed by atoms with Crippen LogP contribution in [-0.2, 0) is 4.74 Å². The fourth-order valence-corrected chi connectivity index (χ4v) is 1.71. The van der Waals surface area contributed by atoms with E-state index in [1.54, 1.807) is 0 Å². The maximum absolute atomic E-state index is 6.02. The normalized spacial score (nSPS) is 31.7. The fourth-order valence-electron chi connectivity index (χ4n) is 1.71. The van der Waals surface area contributed by atoms with Crippen LogP contribution < -0.4 is 16.8 Å². The SMILES string of the molecule is CC1(N)NC(N2CCOCC2)=CC=C1N. The lowest BCUT2D eigenvalue weighted by atomic mass is 10.1. The van der Waals surface area contributed by atoms with E-state index in [0.29, 0.717) is 5.70 Å². The van der Waals surface area contributed by atoms with Gasteiger partial charge in [-0.2, -0.15) is 0 Å². The van der Waals surface area contributed by atoms with Gasteiger partial charge >= 0.3 is 0 Å². The van der Waals surface area contributed by atoms with Crippen molar-refractivity contribution in [2.45, 2.75) is 12.6 Å². The third-order valence-electron chi connectivity index (χ3n) is 2.76. The molecule has 0 aromatic heterocycles. The van der Waals surface area contributed by atoms with Crippen LogP contribution in [0.5, 0.6) is 0 Å². The summed E-state index contributed by atoms with van der Waals surface area (Å²) >= 11 is 0. The van der Waals surface area contributed by atoms with Crippen LogP contribution in [0, 0.1) is 0 Å². The smallest absolute Gasteiger partial charge is 0.125 e. The Bertz CT molecular complexity index is 303. The third-order valence-corrected chi connectivity index (χ3v) is 2.76. The van der Waals surface area contributed by atoms with Crippen molar-refractivity contribution in [3.05, 3.63) is 23.7 Å². The molecule has 0 aromatic rings. The van der Waals surface area contributed by atoms with E-state index >= 15 is 0 Å². The van der Waals surface area contributed by atoms with Gasteiger partial charge in [-0.25, -0.2) is 0 Å². The number of morpholine rings is 1. The Labute approximate surface area is 89.7 Å². The molecule has 2 rings (SSSR count). The van der Waals surface area contributed by atoms with Gasteiger partial charge in [0.2, 0.25) is 0 Å². The van der Waals surface area contributed by atoms with Crippen molar-refractivity contribution >= 4 is 0 Å². The average Bonchev–Trinajstić information content (AvgIpc) is 2.23. The molecule has 0 aliphatic carbocycles. The molecule has 15 heavy (non-hydrogen) atoms. The lowest BCUT2D eigenvalue weighted by molar-refractivity contribution is 0.0482. The summed E-state index contributed by atoms with van der Waals surface area (Å²) in [5.41, 5.74) is 11.8. The van der Waals surface area contributed by atoms with Crippen LogP contribution in [-0.4, -0.2) is 36.9 Å². The molecule has 2 aliphatic rings. The van der Waals surface area contributed by atoms with Crippen LogP contribution in [0.2, 0.25) is 0 Å². The maximum Gasteiger partial charge on any atom is 0.125 e. The lowest BCUT2D eigenvalue weighted by Gasteiger charge is -2.38. The largest absolute Gasteiger partial charge is 0.399 e. The van der Waals surface area contributed by atoms with Gasteiger partial charge in [0.1, 0.15) is 11.5 Å². The van der Waals surface area contributed by atoms with Gasteiger partial charge in [0.05, 0.1) is 13.2 Å².